The van der Waals surface area contributed by atoms with Crippen LogP contribution in [0.2, 0.25) is 0 Å². The number of aromatic amines is 2. The molecule has 1 aromatic carbocycles. The molecule has 2 aromatic rings. The zero-order valence-corrected chi connectivity index (χ0v) is 10.5. The number of nitrogens with one attached hydrogen (secondary N) is 3. The van der Waals surface area contributed by atoms with E-state index in [1.807, 2.05) is 0 Å². The highest BCUT2D eigenvalue weighted by molar-refractivity contribution is 9.10. The Hall–Kier alpha value is -1.96. The molecule has 0 aliphatic rings. The van der Waals surface area contributed by atoms with Crippen molar-refractivity contribution in [1.82, 2.24) is 20.5 Å². The van der Waals surface area contributed by atoms with Gasteiger partial charge >= 0.3 is 5.69 Å². The third kappa shape index (κ3) is 2.83. The van der Waals surface area contributed by atoms with E-state index in [-0.39, 0.29) is 16.6 Å². The lowest BCUT2D eigenvalue weighted by atomic mass is 10.2. The van der Waals surface area contributed by atoms with Crippen molar-refractivity contribution in [3.05, 3.63) is 50.4 Å². The number of benzene rings is 1. The molecule has 0 bridgehead atoms. The fraction of sp³-hybridized carbons (Fsp3) is 0.100. The van der Waals surface area contributed by atoms with Crippen LogP contribution in [-0.4, -0.2) is 21.1 Å². The van der Waals surface area contributed by atoms with E-state index in [9.17, 15) is 14.0 Å². The summed E-state index contributed by atoms with van der Waals surface area (Å²) in [5.41, 5.74) is -0.262. The zero-order valence-electron chi connectivity index (χ0n) is 8.96. The summed E-state index contributed by atoms with van der Waals surface area (Å²) in [5.74, 6) is -0.674. The Kier molecular flexibility index (Phi) is 3.56. The molecule has 94 valence electrons. The largest absolute Gasteiger partial charge is 0.345 e. The molecule has 1 heterocycles. The first-order chi connectivity index (χ1) is 8.56. The number of aromatic nitrogens is 3. The van der Waals surface area contributed by atoms with Crippen LogP contribution in [0.4, 0.5) is 4.39 Å². The van der Waals surface area contributed by atoms with Crippen LogP contribution in [0.25, 0.3) is 0 Å². The summed E-state index contributed by atoms with van der Waals surface area (Å²) in [6.45, 7) is 0.0508. The topological polar surface area (TPSA) is 90.6 Å². The molecule has 0 fully saturated rings. The van der Waals surface area contributed by atoms with E-state index < -0.39 is 17.4 Å². The summed E-state index contributed by atoms with van der Waals surface area (Å²) in [6.07, 6.45) is 0. The van der Waals surface area contributed by atoms with Crippen molar-refractivity contribution in [3.8, 4) is 0 Å². The maximum atomic E-state index is 13.2. The quantitative estimate of drug-likeness (QED) is 0.787. The van der Waals surface area contributed by atoms with E-state index in [0.717, 1.165) is 6.07 Å². The van der Waals surface area contributed by atoms with E-state index in [1.165, 1.54) is 12.1 Å². The van der Waals surface area contributed by atoms with Gasteiger partial charge in [0.15, 0.2) is 0 Å². The molecule has 18 heavy (non-hydrogen) atoms. The molecular formula is C10H8BrFN4O2. The monoisotopic (exact) mass is 314 g/mol. The van der Waals surface area contributed by atoms with Gasteiger partial charge in [0, 0.05) is 5.56 Å². The Bertz CT molecular complexity index is 637. The minimum Gasteiger partial charge on any atom is -0.345 e. The van der Waals surface area contributed by atoms with Crippen LogP contribution in [-0.2, 0) is 6.54 Å². The molecular weight excluding hydrogens is 307 g/mol. The second kappa shape index (κ2) is 5.13. The van der Waals surface area contributed by atoms with E-state index in [0.29, 0.717) is 5.82 Å². The summed E-state index contributed by atoms with van der Waals surface area (Å²) >= 11 is 3.00. The van der Waals surface area contributed by atoms with Crippen molar-refractivity contribution in [1.29, 1.82) is 0 Å². The number of hydrogen-bond donors (Lipinski definition) is 3. The highest BCUT2D eigenvalue weighted by Crippen LogP contribution is 2.16. The minimum absolute atomic E-state index is 0.0508. The first-order valence-corrected chi connectivity index (χ1v) is 5.72. The van der Waals surface area contributed by atoms with E-state index in [2.05, 4.69) is 36.4 Å². The molecule has 0 saturated heterocycles. The number of carbonyl (C=O) groups is 1. The molecule has 8 heteroatoms. The molecule has 0 spiro atoms. The number of halogens is 2. The van der Waals surface area contributed by atoms with Gasteiger partial charge in [0.2, 0.25) is 0 Å². The SMILES string of the molecule is O=C(NCc1n[nH]c(=O)[nH]1)c1ccc(Br)c(F)c1. The Labute approximate surface area is 109 Å². The molecule has 0 atom stereocenters. The standard InChI is InChI=1S/C10H8BrFN4O2/c11-6-2-1-5(3-7(6)12)9(17)13-4-8-14-10(18)16-15-8/h1-3H,4H2,(H,13,17)(H2,14,15,16,18). The number of carbonyl (C=O) groups excluding carboxylic acids is 1. The van der Waals surface area contributed by atoms with Crippen molar-refractivity contribution in [2.75, 3.05) is 0 Å². The Morgan fingerprint density at radius 2 is 2.28 bits per heavy atom. The van der Waals surface area contributed by atoms with Crippen LogP contribution in [0.1, 0.15) is 16.2 Å². The third-order valence-electron chi connectivity index (χ3n) is 2.15. The lowest BCUT2D eigenvalue weighted by Crippen LogP contribution is -2.23. The van der Waals surface area contributed by atoms with Crippen molar-refractivity contribution in [3.63, 3.8) is 0 Å². The van der Waals surface area contributed by atoms with Crippen LogP contribution >= 0.6 is 15.9 Å². The van der Waals surface area contributed by atoms with Gasteiger partial charge in [-0.1, -0.05) is 0 Å². The predicted octanol–water partition coefficient (Wildman–Crippen LogP) is 0.930. The van der Waals surface area contributed by atoms with Crippen LogP contribution < -0.4 is 11.0 Å². The van der Waals surface area contributed by atoms with Crippen LogP contribution in [0, 0.1) is 5.82 Å². The first-order valence-electron chi connectivity index (χ1n) is 4.93. The molecule has 0 radical (unpaired) electrons. The van der Waals surface area contributed by atoms with Crippen molar-refractivity contribution in [2.45, 2.75) is 6.54 Å². The van der Waals surface area contributed by atoms with Gasteiger partial charge in [-0.25, -0.2) is 14.3 Å². The van der Waals surface area contributed by atoms with Crippen molar-refractivity contribution >= 4 is 21.8 Å². The highest BCUT2D eigenvalue weighted by Gasteiger charge is 2.09. The van der Waals surface area contributed by atoms with Crippen LogP contribution in [0.15, 0.2) is 27.5 Å². The predicted molar refractivity (Wildman–Crippen MR) is 64.5 cm³/mol. The second-order valence-corrected chi connectivity index (χ2v) is 4.29. The molecule has 0 saturated carbocycles. The maximum absolute atomic E-state index is 13.2. The summed E-state index contributed by atoms with van der Waals surface area (Å²) in [4.78, 5) is 24.8. The minimum atomic E-state index is -0.518. The second-order valence-electron chi connectivity index (χ2n) is 3.44. The van der Waals surface area contributed by atoms with Gasteiger partial charge in [-0.2, -0.15) is 5.10 Å². The molecule has 1 amide bonds. The molecule has 0 unspecified atom stereocenters. The van der Waals surface area contributed by atoms with Gasteiger partial charge in [0.25, 0.3) is 5.91 Å². The summed E-state index contributed by atoms with van der Waals surface area (Å²) in [5, 5.41) is 8.30. The molecule has 1 aromatic heterocycles. The van der Waals surface area contributed by atoms with Crippen LogP contribution in [0.5, 0.6) is 0 Å². The Morgan fingerprint density at radius 3 is 2.89 bits per heavy atom. The molecule has 6 nitrogen and oxygen atoms in total. The number of H-pyrrole nitrogens is 2. The lowest BCUT2D eigenvalue weighted by molar-refractivity contribution is 0.0949. The van der Waals surface area contributed by atoms with Crippen molar-refractivity contribution < 1.29 is 9.18 Å². The summed E-state index contributed by atoms with van der Waals surface area (Å²) in [7, 11) is 0. The first kappa shape index (κ1) is 12.5. The van der Waals surface area contributed by atoms with Gasteiger partial charge in [-0.15, -0.1) is 0 Å². The third-order valence-corrected chi connectivity index (χ3v) is 2.79. The van der Waals surface area contributed by atoms with Gasteiger partial charge in [0.05, 0.1) is 11.0 Å². The van der Waals surface area contributed by atoms with E-state index in [1.54, 1.807) is 0 Å². The molecule has 0 aliphatic heterocycles. The average molecular weight is 315 g/mol. The number of hydrogen-bond acceptors (Lipinski definition) is 3. The van der Waals surface area contributed by atoms with E-state index >= 15 is 0 Å². The van der Waals surface area contributed by atoms with Crippen LogP contribution in [0.3, 0.4) is 0 Å². The fourth-order valence-electron chi connectivity index (χ4n) is 1.29. The Balaban J connectivity index is 2.03. The molecule has 2 rings (SSSR count). The number of rotatable bonds is 3. The molecule has 0 aliphatic carbocycles. The smallest absolute Gasteiger partial charge is 0.340 e. The zero-order chi connectivity index (χ0) is 13.1. The van der Waals surface area contributed by atoms with Gasteiger partial charge in [-0.3, -0.25) is 9.78 Å². The van der Waals surface area contributed by atoms with Gasteiger partial charge in [0.1, 0.15) is 11.6 Å². The summed E-state index contributed by atoms with van der Waals surface area (Å²) < 4.78 is 13.5. The Morgan fingerprint density at radius 1 is 1.50 bits per heavy atom. The van der Waals surface area contributed by atoms with Crippen molar-refractivity contribution in [2.24, 2.45) is 0 Å². The number of nitrogens with zero attached hydrogens (tertiary/aromatic N) is 1. The summed E-state index contributed by atoms with van der Waals surface area (Å²) in [6, 6.07) is 4.04. The maximum Gasteiger partial charge on any atom is 0.340 e. The normalized spacial score (nSPS) is 10.3. The van der Waals surface area contributed by atoms with E-state index in [4.69, 9.17) is 0 Å². The van der Waals surface area contributed by atoms with Gasteiger partial charge in [-0.05, 0) is 34.1 Å². The lowest BCUT2D eigenvalue weighted by Gasteiger charge is -2.03. The highest BCUT2D eigenvalue weighted by atomic mass is 79.9. The average Bonchev–Trinajstić information content (AvgIpc) is 2.75. The van der Waals surface area contributed by atoms with Gasteiger partial charge < -0.3 is 5.32 Å². The molecule has 3 N–H and O–H groups in total. The fourth-order valence-corrected chi connectivity index (χ4v) is 1.54. The number of amides is 1.